The molecule has 0 bridgehead atoms. The van der Waals surface area contributed by atoms with Gasteiger partial charge in [0.2, 0.25) is 0 Å². The summed E-state index contributed by atoms with van der Waals surface area (Å²) in [6, 6.07) is 16.5. The summed E-state index contributed by atoms with van der Waals surface area (Å²) in [6.45, 7) is 4.05. The van der Waals surface area contributed by atoms with Crippen LogP contribution >= 0.6 is 0 Å². The fourth-order valence-electron chi connectivity index (χ4n) is 1.86. The normalized spacial score (nSPS) is 10.3. The molecule has 0 spiro atoms. The predicted molar refractivity (Wildman–Crippen MR) is 82.3 cm³/mol. The Balaban J connectivity index is 1.89. The second-order valence-electron chi connectivity index (χ2n) is 4.71. The quantitative estimate of drug-likeness (QED) is 0.780. The van der Waals surface area contributed by atoms with E-state index in [0.717, 1.165) is 18.0 Å². The fraction of sp³-hybridized carbons (Fsp3) is 0.294. The summed E-state index contributed by atoms with van der Waals surface area (Å²) in [6.07, 6.45) is 0. The number of benzene rings is 2. The van der Waals surface area contributed by atoms with Crippen molar-refractivity contribution in [2.75, 3.05) is 25.6 Å². The Labute approximate surface area is 120 Å². The zero-order valence-electron chi connectivity index (χ0n) is 12.1. The number of methoxy groups -OCH3 is 1. The van der Waals surface area contributed by atoms with Crippen molar-refractivity contribution >= 4 is 5.69 Å². The highest BCUT2D eigenvalue weighted by Gasteiger charge is 1.98. The van der Waals surface area contributed by atoms with Gasteiger partial charge in [-0.3, -0.25) is 0 Å². The van der Waals surface area contributed by atoms with Gasteiger partial charge in [0.25, 0.3) is 0 Å². The van der Waals surface area contributed by atoms with Gasteiger partial charge >= 0.3 is 0 Å². The molecule has 0 aromatic heterocycles. The summed E-state index contributed by atoms with van der Waals surface area (Å²) >= 11 is 0. The summed E-state index contributed by atoms with van der Waals surface area (Å²) < 4.78 is 10.6. The van der Waals surface area contributed by atoms with Crippen LogP contribution in [0.3, 0.4) is 0 Å². The third-order valence-electron chi connectivity index (χ3n) is 3.00. The summed E-state index contributed by atoms with van der Waals surface area (Å²) in [5.41, 5.74) is 3.59. The number of aryl methyl sites for hydroxylation is 1. The van der Waals surface area contributed by atoms with E-state index in [4.69, 9.17) is 9.47 Å². The molecule has 0 amide bonds. The van der Waals surface area contributed by atoms with E-state index in [0.29, 0.717) is 13.2 Å². The molecular weight excluding hydrogens is 250 g/mol. The minimum atomic E-state index is 0.575. The lowest BCUT2D eigenvalue weighted by atomic mass is 10.2. The van der Waals surface area contributed by atoms with Crippen LogP contribution < -0.4 is 10.1 Å². The van der Waals surface area contributed by atoms with Crippen molar-refractivity contribution in [1.29, 1.82) is 0 Å². The van der Waals surface area contributed by atoms with Crippen molar-refractivity contribution in [3.63, 3.8) is 0 Å². The average molecular weight is 271 g/mol. The van der Waals surface area contributed by atoms with Gasteiger partial charge in [0.05, 0.1) is 6.61 Å². The van der Waals surface area contributed by atoms with Crippen LogP contribution in [0.1, 0.15) is 11.1 Å². The number of rotatable bonds is 7. The molecule has 3 heteroatoms. The maximum Gasteiger partial charge on any atom is 0.119 e. The van der Waals surface area contributed by atoms with Crippen LogP contribution in [0.25, 0.3) is 0 Å². The lowest BCUT2D eigenvalue weighted by Crippen LogP contribution is -2.05. The van der Waals surface area contributed by atoms with Crippen LogP contribution in [-0.4, -0.2) is 20.3 Å². The van der Waals surface area contributed by atoms with Crippen LogP contribution in [0.2, 0.25) is 0 Å². The molecule has 0 aliphatic carbocycles. The molecule has 0 saturated heterocycles. The highest BCUT2D eigenvalue weighted by atomic mass is 16.5. The largest absolute Gasteiger partial charge is 0.491 e. The van der Waals surface area contributed by atoms with E-state index in [-0.39, 0.29) is 0 Å². The Morgan fingerprint density at radius 1 is 1.00 bits per heavy atom. The Kier molecular flexibility index (Phi) is 5.44. The van der Waals surface area contributed by atoms with Crippen LogP contribution in [0.5, 0.6) is 5.75 Å². The van der Waals surface area contributed by atoms with Crippen LogP contribution in [-0.2, 0) is 11.3 Å². The van der Waals surface area contributed by atoms with Gasteiger partial charge in [-0.05, 0) is 36.8 Å². The van der Waals surface area contributed by atoms with Gasteiger partial charge in [-0.1, -0.05) is 29.8 Å². The summed E-state index contributed by atoms with van der Waals surface area (Å²) in [5.74, 6) is 0.880. The van der Waals surface area contributed by atoms with Gasteiger partial charge in [0, 0.05) is 19.3 Å². The summed E-state index contributed by atoms with van der Waals surface area (Å²) in [7, 11) is 1.67. The van der Waals surface area contributed by atoms with Crippen molar-refractivity contribution in [2.24, 2.45) is 0 Å². The van der Waals surface area contributed by atoms with Gasteiger partial charge in [-0.15, -0.1) is 0 Å². The van der Waals surface area contributed by atoms with Crippen molar-refractivity contribution in [3.05, 3.63) is 59.7 Å². The standard InChI is InChI=1S/C17H21NO2/c1-14-6-8-16(9-7-14)18-13-15-4-3-5-17(12-15)20-11-10-19-2/h3-9,12,18H,10-11,13H2,1-2H3. The molecule has 20 heavy (non-hydrogen) atoms. The molecule has 0 heterocycles. The molecule has 0 unspecified atom stereocenters. The van der Waals surface area contributed by atoms with Crippen molar-refractivity contribution in [2.45, 2.75) is 13.5 Å². The zero-order chi connectivity index (χ0) is 14.2. The number of hydrogen-bond acceptors (Lipinski definition) is 3. The van der Waals surface area contributed by atoms with Crippen LogP contribution in [0, 0.1) is 6.92 Å². The Morgan fingerprint density at radius 2 is 1.80 bits per heavy atom. The number of hydrogen-bond donors (Lipinski definition) is 1. The summed E-state index contributed by atoms with van der Waals surface area (Å²) in [5, 5.41) is 3.40. The van der Waals surface area contributed by atoms with Crippen LogP contribution in [0.4, 0.5) is 5.69 Å². The van der Waals surface area contributed by atoms with E-state index in [9.17, 15) is 0 Å². The highest BCUT2D eigenvalue weighted by Crippen LogP contribution is 2.15. The molecule has 2 aromatic rings. The molecule has 106 valence electrons. The lowest BCUT2D eigenvalue weighted by molar-refractivity contribution is 0.146. The van der Waals surface area contributed by atoms with E-state index in [1.54, 1.807) is 7.11 Å². The Bertz CT molecular complexity index is 523. The number of ether oxygens (including phenoxy) is 2. The van der Waals surface area contributed by atoms with E-state index in [1.165, 1.54) is 11.1 Å². The molecule has 2 aromatic carbocycles. The molecule has 0 aliphatic rings. The average Bonchev–Trinajstić information content (AvgIpc) is 2.47. The van der Waals surface area contributed by atoms with E-state index in [2.05, 4.69) is 48.6 Å². The Hall–Kier alpha value is -2.00. The molecule has 0 radical (unpaired) electrons. The molecular formula is C17H21NO2. The molecule has 0 atom stereocenters. The monoisotopic (exact) mass is 271 g/mol. The number of nitrogens with one attached hydrogen (secondary N) is 1. The summed E-state index contributed by atoms with van der Waals surface area (Å²) in [4.78, 5) is 0. The van der Waals surface area contributed by atoms with Gasteiger partial charge in [-0.25, -0.2) is 0 Å². The number of anilines is 1. The van der Waals surface area contributed by atoms with Crippen LogP contribution in [0.15, 0.2) is 48.5 Å². The molecule has 0 saturated carbocycles. The first-order valence-electron chi connectivity index (χ1n) is 6.79. The fourth-order valence-corrected chi connectivity index (χ4v) is 1.86. The first kappa shape index (κ1) is 14.4. The van der Waals surface area contributed by atoms with E-state index < -0.39 is 0 Å². The van der Waals surface area contributed by atoms with E-state index in [1.807, 2.05) is 12.1 Å². The highest BCUT2D eigenvalue weighted by molar-refractivity contribution is 5.45. The van der Waals surface area contributed by atoms with Crippen molar-refractivity contribution < 1.29 is 9.47 Å². The SMILES string of the molecule is COCCOc1cccc(CNc2ccc(C)cc2)c1. The maximum absolute atomic E-state index is 5.60. The molecule has 0 fully saturated rings. The molecule has 3 nitrogen and oxygen atoms in total. The van der Waals surface area contributed by atoms with Gasteiger partial charge < -0.3 is 14.8 Å². The minimum Gasteiger partial charge on any atom is -0.491 e. The van der Waals surface area contributed by atoms with Crippen molar-refractivity contribution in [1.82, 2.24) is 0 Å². The maximum atomic E-state index is 5.60. The smallest absolute Gasteiger partial charge is 0.119 e. The van der Waals surface area contributed by atoms with Gasteiger partial charge in [0.1, 0.15) is 12.4 Å². The molecule has 2 rings (SSSR count). The topological polar surface area (TPSA) is 30.5 Å². The predicted octanol–water partition coefficient (Wildman–Crippen LogP) is 3.63. The zero-order valence-corrected chi connectivity index (χ0v) is 12.1. The second-order valence-corrected chi connectivity index (χ2v) is 4.71. The Morgan fingerprint density at radius 3 is 2.55 bits per heavy atom. The second kappa shape index (κ2) is 7.56. The molecule has 1 N–H and O–H groups in total. The minimum absolute atomic E-state index is 0.575. The third-order valence-corrected chi connectivity index (χ3v) is 3.00. The first-order chi connectivity index (χ1) is 9.78. The lowest BCUT2D eigenvalue weighted by Gasteiger charge is -2.09. The van der Waals surface area contributed by atoms with E-state index >= 15 is 0 Å². The third kappa shape index (κ3) is 4.59. The van der Waals surface area contributed by atoms with Crippen molar-refractivity contribution in [3.8, 4) is 5.75 Å². The molecule has 0 aliphatic heterocycles. The first-order valence-corrected chi connectivity index (χ1v) is 6.79. The van der Waals surface area contributed by atoms with Gasteiger partial charge in [0.15, 0.2) is 0 Å². The van der Waals surface area contributed by atoms with Gasteiger partial charge in [-0.2, -0.15) is 0 Å².